The monoisotopic (exact) mass is 277 g/mol. The van der Waals surface area contributed by atoms with E-state index in [9.17, 15) is 4.79 Å². The number of rotatable bonds is 3. The van der Waals surface area contributed by atoms with Gasteiger partial charge in [0.25, 0.3) is 0 Å². The highest BCUT2D eigenvalue weighted by molar-refractivity contribution is 5.77. The van der Waals surface area contributed by atoms with Gasteiger partial charge in [-0.3, -0.25) is 4.79 Å². The van der Waals surface area contributed by atoms with Crippen LogP contribution in [0.25, 0.3) is 0 Å². The first-order valence-corrected chi connectivity index (χ1v) is 7.00. The van der Waals surface area contributed by atoms with E-state index in [0.29, 0.717) is 26.2 Å². The van der Waals surface area contributed by atoms with E-state index in [1.807, 2.05) is 30.0 Å². The summed E-state index contributed by atoms with van der Waals surface area (Å²) < 4.78 is 16.0. The number of hydrogen-bond acceptors (Lipinski definition) is 4. The molecule has 0 bridgehead atoms. The molecule has 0 aliphatic carbocycles. The van der Waals surface area contributed by atoms with Crippen molar-refractivity contribution in [3.63, 3.8) is 0 Å². The van der Waals surface area contributed by atoms with Crippen molar-refractivity contribution in [1.82, 2.24) is 4.90 Å². The summed E-state index contributed by atoms with van der Waals surface area (Å²) in [6.07, 6.45) is 1.24. The Balaban J connectivity index is 1.57. The molecule has 0 spiro atoms. The number of fused-ring (bicyclic) bond motifs is 1. The molecule has 5 heteroatoms. The van der Waals surface area contributed by atoms with Gasteiger partial charge in [0.05, 0.1) is 19.3 Å². The summed E-state index contributed by atoms with van der Waals surface area (Å²) in [5, 5.41) is 0. The van der Waals surface area contributed by atoms with Crippen LogP contribution < -0.4 is 9.47 Å². The summed E-state index contributed by atoms with van der Waals surface area (Å²) in [5.74, 6) is 1.75. The van der Waals surface area contributed by atoms with Gasteiger partial charge in [0, 0.05) is 13.0 Å². The Morgan fingerprint density at radius 2 is 2.20 bits per heavy atom. The highest BCUT2D eigenvalue weighted by Gasteiger charge is 2.23. The molecule has 1 atom stereocenters. The molecule has 0 radical (unpaired) electrons. The SMILES string of the molecule is CC1COCCN1C(=O)CCc1ccc2c(c1)OCO2. The summed E-state index contributed by atoms with van der Waals surface area (Å²) in [5.41, 5.74) is 1.10. The Bertz CT molecular complexity index is 503. The minimum absolute atomic E-state index is 0.174. The van der Waals surface area contributed by atoms with E-state index in [1.54, 1.807) is 0 Å². The second-order valence-corrected chi connectivity index (χ2v) is 5.20. The number of carbonyl (C=O) groups is 1. The van der Waals surface area contributed by atoms with Gasteiger partial charge in [-0.05, 0) is 31.0 Å². The fraction of sp³-hybridized carbons (Fsp3) is 0.533. The van der Waals surface area contributed by atoms with Gasteiger partial charge >= 0.3 is 0 Å². The molecule has 0 aromatic heterocycles. The maximum Gasteiger partial charge on any atom is 0.231 e. The Labute approximate surface area is 118 Å². The molecule has 3 rings (SSSR count). The lowest BCUT2D eigenvalue weighted by molar-refractivity contribution is -0.139. The third kappa shape index (κ3) is 2.72. The molecule has 1 aromatic rings. The quantitative estimate of drug-likeness (QED) is 0.842. The van der Waals surface area contributed by atoms with E-state index in [2.05, 4.69) is 0 Å². The summed E-state index contributed by atoms with van der Waals surface area (Å²) >= 11 is 0. The molecule has 1 unspecified atom stereocenters. The predicted octanol–water partition coefficient (Wildman–Crippen LogP) is 1.60. The van der Waals surface area contributed by atoms with Crippen molar-refractivity contribution in [2.45, 2.75) is 25.8 Å². The molecular weight excluding hydrogens is 258 g/mol. The van der Waals surface area contributed by atoms with E-state index < -0.39 is 0 Å². The number of hydrogen-bond donors (Lipinski definition) is 0. The number of benzene rings is 1. The molecule has 2 aliphatic rings. The van der Waals surface area contributed by atoms with Crippen LogP contribution >= 0.6 is 0 Å². The fourth-order valence-electron chi connectivity index (χ4n) is 2.59. The molecule has 1 amide bonds. The van der Waals surface area contributed by atoms with Gasteiger partial charge in [-0.25, -0.2) is 0 Å². The second-order valence-electron chi connectivity index (χ2n) is 5.20. The lowest BCUT2D eigenvalue weighted by Gasteiger charge is -2.33. The lowest BCUT2D eigenvalue weighted by Crippen LogP contribution is -2.47. The Hall–Kier alpha value is -1.75. The largest absolute Gasteiger partial charge is 0.454 e. The molecule has 1 aromatic carbocycles. The molecule has 0 N–H and O–H groups in total. The van der Waals surface area contributed by atoms with Gasteiger partial charge in [0.2, 0.25) is 12.7 Å². The number of morpholine rings is 1. The second kappa shape index (κ2) is 5.71. The van der Waals surface area contributed by atoms with Crippen molar-refractivity contribution < 1.29 is 19.0 Å². The molecule has 1 fully saturated rings. The van der Waals surface area contributed by atoms with E-state index in [-0.39, 0.29) is 18.7 Å². The summed E-state index contributed by atoms with van der Waals surface area (Å²) in [4.78, 5) is 14.1. The topological polar surface area (TPSA) is 48.0 Å². The van der Waals surface area contributed by atoms with Crippen molar-refractivity contribution in [3.05, 3.63) is 23.8 Å². The maximum absolute atomic E-state index is 12.2. The summed E-state index contributed by atoms with van der Waals surface area (Å²) in [7, 11) is 0. The van der Waals surface area contributed by atoms with Gasteiger partial charge < -0.3 is 19.1 Å². The minimum atomic E-state index is 0.174. The zero-order valence-electron chi connectivity index (χ0n) is 11.6. The van der Waals surface area contributed by atoms with Crippen molar-refractivity contribution in [3.8, 4) is 11.5 Å². The van der Waals surface area contributed by atoms with E-state index >= 15 is 0 Å². The normalized spacial score (nSPS) is 21.1. The fourth-order valence-corrected chi connectivity index (χ4v) is 2.59. The molecule has 2 heterocycles. The Morgan fingerprint density at radius 1 is 1.35 bits per heavy atom. The van der Waals surface area contributed by atoms with Crippen LogP contribution in [0.15, 0.2) is 18.2 Å². The van der Waals surface area contributed by atoms with Gasteiger partial charge in [0.15, 0.2) is 11.5 Å². The number of carbonyl (C=O) groups excluding carboxylic acids is 1. The highest BCUT2D eigenvalue weighted by Crippen LogP contribution is 2.32. The van der Waals surface area contributed by atoms with Crippen LogP contribution in [0.5, 0.6) is 11.5 Å². The van der Waals surface area contributed by atoms with E-state index in [1.165, 1.54) is 0 Å². The molecule has 108 valence electrons. The number of nitrogens with zero attached hydrogens (tertiary/aromatic N) is 1. The first-order chi connectivity index (χ1) is 9.74. The Kier molecular flexibility index (Phi) is 3.78. The maximum atomic E-state index is 12.2. The third-order valence-corrected chi connectivity index (χ3v) is 3.75. The average molecular weight is 277 g/mol. The molecule has 0 saturated carbocycles. The molecule has 2 aliphatic heterocycles. The summed E-state index contributed by atoms with van der Waals surface area (Å²) in [6.45, 7) is 4.28. The van der Waals surface area contributed by atoms with Gasteiger partial charge in [-0.1, -0.05) is 6.07 Å². The zero-order chi connectivity index (χ0) is 13.9. The van der Waals surface area contributed by atoms with Crippen LogP contribution in [0.4, 0.5) is 0 Å². The smallest absolute Gasteiger partial charge is 0.231 e. The van der Waals surface area contributed by atoms with Crippen LogP contribution in [0, 0.1) is 0 Å². The van der Waals surface area contributed by atoms with Crippen LogP contribution in [0.2, 0.25) is 0 Å². The van der Waals surface area contributed by atoms with Crippen molar-refractivity contribution in [2.75, 3.05) is 26.6 Å². The van der Waals surface area contributed by atoms with Crippen molar-refractivity contribution in [1.29, 1.82) is 0 Å². The standard InChI is InChI=1S/C15H19NO4/c1-11-9-18-7-6-16(11)15(17)5-3-12-2-4-13-14(8-12)20-10-19-13/h2,4,8,11H,3,5-7,9-10H2,1H3. The van der Waals surface area contributed by atoms with Gasteiger partial charge in [0.1, 0.15) is 0 Å². The average Bonchev–Trinajstić information content (AvgIpc) is 2.92. The predicted molar refractivity (Wildman–Crippen MR) is 72.9 cm³/mol. The minimum Gasteiger partial charge on any atom is -0.454 e. The van der Waals surface area contributed by atoms with Crippen molar-refractivity contribution in [2.24, 2.45) is 0 Å². The zero-order valence-corrected chi connectivity index (χ0v) is 11.6. The molecule has 20 heavy (non-hydrogen) atoms. The van der Waals surface area contributed by atoms with Gasteiger partial charge in [-0.15, -0.1) is 0 Å². The molecule has 1 saturated heterocycles. The van der Waals surface area contributed by atoms with E-state index in [4.69, 9.17) is 14.2 Å². The van der Waals surface area contributed by atoms with Crippen LogP contribution in [-0.2, 0) is 16.0 Å². The van der Waals surface area contributed by atoms with Crippen LogP contribution in [0.1, 0.15) is 18.9 Å². The van der Waals surface area contributed by atoms with E-state index in [0.717, 1.165) is 23.5 Å². The lowest BCUT2D eigenvalue weighted by atomic mass is 10.1. The first kappa shape index (κ1) is 13.2. The molecule has 5 nitrogen and oxygen atoms in total. The van der Waals surface area contributed by atoms with Crippen LogP contribution in [0.3, 0.4) is 0 Å². The first-order valence-electron chi connectivity index (χ1n) is 7.00. The third-order valence-electron chi connectivity index (χ3n) is 3.75. The van der Waals surface area contributed by atoms with Crippen molar-refractivity contribution >= 4 is 5.91 Å². The highest BCUT2D eigenvalue weighted by atomic mass is 16.7. The van der Waals surface area contributed by atoms with Gasteiger partial charge in [-0.2, -0.15) is 0 Å². The van der Waals surface area contributed by atoms with Crippen LogP contribution in [-0.4, -0.2) is 43.4 Å². The summed E-state index contributed by atoms with van der Waals surface area (Å²) in [6, 6.07) is 6.02. The number of ether oxygens (including phenoxy) is 3. The Morgan fingerprint density at radius 3 is 3.05 bits per heavy atom. The number of aryl methyl sites for hydroxylation is 1. The number of amides is 1. The molecular formula is C15H19NO4.